The number of alkyl halides is 3. The number of esters is 1. The number of nitrogens with one attached hydrogen (secondary N) is 1. The van der Waals surface area contributed by atoms with E-state index in [4.69, 9.17) is 0 Å². The van der Waals surface area contributed by atoms with Crippen molar-refractivity contribution < 1.29 is 27.5 Å². The third-order valence-corrected chi connectivity index (χ3v) is 4.25. The molecule has 2 rings (SSSR count). The van der Waals surface area contributed by atoms with Crippen LogP contribution in [0.1, 0.15) is 33.3 Å². The first kappa shape index (κ1) is 18.0. The van der Waals surface area contributed by atoms with Crippen LogP contribution in [0.4, 0.5) is 13.2 Å². The zero-order valence-electron chi connectivity index (χ0n) is 12.6. The Hall–Kier alpha value is -2.35. The van der Waals surface area contributed by atoms with E-state index in [0.29, 0.717) is 0 Å². The number of amides is 1. The Labute approximate surface area is 140 Å². The van der Waals surface area contributed by atoms with Crippen molar-refractivity contribution in [3.05, 3.63) is 57.8 Å². The molecule has 1 atom stereocenters. The van der Waals surface area contributed by atoms with Crippen molar-refractivity contribution >= 4 is 23.2 Å². The van der Waals surface area contributed by atoms with Gasteiger partial charge in [-0.2, -0.15) is 13.2 Å². The Balaban J connectivity index is 2.14. The van der Waals surface area contributed by atoms with E-state index in [9.17, 15) is 22.8 Å². The first-order valence-electron chi connectivity index (χ1n) is 6.89. The van der Waals surface area contributed by atoms with Gasteiger partial charge in [-0.1, -0.05) is 6.07 Å². The monoisotopic (exact) mass is 357 g/mol. The lowest BCUT2D eigenvalue weighted by atomic mass is 10.1. The quantitative estimate of drug-likeness (QED) is 0.828. The maximum absolute atomic E-state index is 12.5. The average Bonchev–Trinajstić information content (AvgIpc) is 3.07. The summed E-state index contributed by atoms with van der Waals surface area (Å²) < 4.78 is 42.3. The van der Waals surface area contributed by atoms with Crippen molar-refractivity contribution in [2.45, 2.75) is 18.6 Å². The van der Waals surface area contributed by atoms with Crippen LogP contribution in [0.5, 0.6) is 0 Å². The van der Waals surface area contributed by atoms with Gasteiger partial charge in [-0.15, -0.1) is 11.3 Å². The molecular weight excluding hydrogens is 343 g/mol. The Kier molecular flexibility index (Phi) is 5.61. The average molecular weight is 357 g/mol. The summed E-state index contributed by atoms with van der Waals surface area (Å²) in [5, 5.41) is 4.44. The van der Waals surface area contributed by atoms with Crippen molar-refractivity contribution in [3.63, 3.8) is 0 Å². The minimum Gasteiger partial charge on any atom is -0.469 e. The van der Waals surface area contributed by atoms with Crippen LogP contribution < -0.4 is 5.32 Å². The van der Waals surface area contributed by atoms with Crippen LogP contribution in [-0.4, -0.2) is 19.0 Å². The van der Waals surface area contributed by atoms with Crippen LogP contribution in [0, 0.1) is 0 Å². The molecule has 0 saturated heterocycles. The molecule has 1 aromatic heterocycles. The third-order valence-electron chi connectivity index (χ3n) is 3.26. The minimum absolute atomic E-state index is 0.0661. The second-order valence-corrected chi connectivity index (χ2v) is 5.88. The van der Waals surface area contributed by atoms with Crippen LogP contribution in [-0.2, 0) is 15.7 Å². The van der Waals surface area contributed by atoms with Crippen LogP contribution in [0.3, 0.4) is 0 Å². The minimum atomic E-state index is -4.46. The number of rotatable bonds is 5. The lowest BCUT2D eigenvalue weighted by molar-refractivity contribution is -0.141. The van der Waals surface area contributed by atoms with Crippen LogP contribution in [0.25, 0.3) is 0 Å². The van der Waals surface area contributed by atoms with Gasteiger partial charge in [-0.3, -0.25) is 9.59 Å². The summed E-state index contributed by atoms with van der Waals surface area (Å²) in [6.45, 7) is 0. The predicted octanol–water partition coefficient (Wildman–Crippen LogP) is 3.80. The Bertz CT molecular complexity index is 696. The van der Waals surface area contributed by atoms with Gasteiger partial charge in [-0.25, -0.2) is 0 Å². The van der Waals surface area contributed by atoms with Gasteiger partial charge >= 0.3 is 12.1 Å². The molecule has 1 aromatic carbocycles. The number of carbonyl (C=O) groups excluding carboxylic acids is 2. The molecule has 4 nitrogen and oxygen atoms in total. The van der Waals surface area contributed by atoms with Gasteiger partial charge in [0.15, 0.2) is 0 Å². The zero-order chi connectivity index (χ0) is 17.7. The largest absolute Gasteiger partial charge is 0.469 e. The number of carbonyl (C=O) groups is 2. The standard InChI is InChI=1S/C16H14F3NO3S/c1-23-14(21)9-12(13-3-2-8-24-13)20-15(22)10-4-6-11(7-5-10)16(17,18)19/h2-8,12H,9H2,1H3,(H,20,22). The maximum atomic E-state index is 12.5. The highest BCUT2D eigenvalue weighted by atomic mass is 32.1. The molecule has 1 unspecified atom stereocenters. The van der Waals surface area contributed by atoms with Gasteiger partial charge in [0.1, 0.15) is 0 Å². The zero-order valence-corrected chi connectivity index (χ0v) is 13.4. The molecule has 1 amide bonds. The van der Waals surface area contributed by atoms with E-state index in [1.54, 1.807) is 17.5 Å². The number of benzene rings is 1. The molecule has 0 aliphatic heterocycles. The fraction of sp³-hybridized carbons (Fsp3) is 0.250. The molecule has 0 aliphatic carbocycles. The maximum Gasteiger partial charge on any atom is 0.416 e. The Morgan fingerprint density at radius 1 is 1.21 bits per heavy atom. The van der Waals surface area contributed by atoms with Crippen molar-refractivity contribution in [2.75, 3.05) is 7.11 Å². The summed E-state index contributed by atoms with van der Waals surface area (Å²) in [6, 6.07) is 6.81. The highest BCUT2D eigenvalue weighted by Crippen LogP contribution is 2.29. The van der Waals surface area contributed by atoms with E-state index in [1.165, 1.54) is 18.4 Å². The summed E-state index contributed by atoms with van der Waals surface area (Å²) in [6.07, 6.45) is -4.53. The first-order valence-corrected chi connectivity index (χ1v) is 7.77. The molecule has 1 heterocycles. The van der Waals surface area contributed by atoms with Crippen molar-refractivity contribution in [1.82, 2.24) is 5.32 Å². The van der Waals surface area contributed by atoms with Gasteiger partial charge in [0.25, 0.3) is 5.91 Å². The van der Waals surface area contributed by atoms with Crippen molar-refractivity contribution in [1.29, 1.82) is 0 Å². The van der Waals surface area contributed by atoms with Gasteiger partial charge in [0.05, 0.1) is 25.1 Å². The molecule has 0 bridgehead atoms. The summed E-state index contributed by atoms with van der Waals surface area (Å²) in [5.41, 5.74) is -0.752. The van der Waals surface area contributed by atoms with E-state index < -0.39 is 29.7 Å². The fourth-order valence-electron chi connectivity index (χ4n) is 2.01. The lowest BCUT2D eigenvalue weighted by Gasteiger charge is -2.16. The van der Waals surface area contributed by atoms with Crippen molar-refractivity contribution in [3.8, 4) is 0 Å². The molecule has 128 valence electrons. The highest BCUT2D eigenvalue weighted by Gasteiger charge is 2.30. The Morgan fingerprint density at radius 2 is 1.88 bits per heavy atom. The molecule has 0 radical (unpaired) electrons. The second-order valence-electron chi connectivity index (χ2n) is 4.90. The number of hydrogen-bond acceptors (Lipinski definition) is 4. The van der Waals surface area contributed by atoms with E-state index >= 15 is 0 Å². The molecule has 0 saturated carbocycles. The smallest absolute Gasteiger partial charge is 0.416 e. The van der Waals surface area contributed by atoms with Gasteiger partial charge in [0, 0.05) is 10.4 Å². The number of thiophene rings is 1. The van der Waals surface area contributed by atoms with Crippen LogP contribution in [0.2, 0.25) is 0 Å². The first-order chi connectivity index (χ1) is 11.3. The summed E-state index contributed by atoms with van der Waals surface area (Å²) in [5.74, 6) is -1.06. The number of hydrogen-bond donors (Lipinski definition) is 1. The van der Waals surface area contributed by atoms with Crippen LogP contribution in [0.15, 0.2) is 41.8 Å². The van der Waals surface area contributed by atoms with E-state index in [1.807, 2.05) is 0 Å². The van der Waals surface area contributed by atoms with E-state index in [-0.39, 0.29) is 12.0 Å². The molecule has 8 heteroatoms. The third kappa shape index (κ3) is 4.58. The molecule has 2 aromatic rings. The predicted molar refractivity (Wildman–Crippen MR) is 82.6 cm³/mol. The molecule has 0 fully saturated rings. The van der Waals surface area contributed by atoms with Gasteiger partial charge < -0.3 is 10.1 Å². The molecule has 1 N–H and O–H groups in total. The Morgan fingerprint density at radius 3 is 2.38 bits per heavy atom. The van der Waals surface area contributed by atoms with E-state index in [2.05, 4.69) is 10.1 Å². The molecule has 0 spiro atoms. The summed E-state index contributed by atoms with van der Waals surface area (Å²) >= 11 is 1.36. The molecular formula is C16H14F3NO3S. The van der Waals surface area contributed by atoms with Gasteiger partial charge in [-0.05, 0) is 35.7 Å². The summed E-state index contributed by atoms with van der Waals surface area (Å²) in [7, 11) is 1.24. The topological polar surface area (TPSA) is 55.4 Å². The summed E-state index contributed by atoms with van der Waals surface area (Å²) in [4.78, 5) is 24.5. The SMILES string of the molecule is COC(=O)CC(NC(=O)c1ccc(C(F)(F)F)cc1)c1cccs1. The second kappa shape index (κ2) is 7.48. The fourth-order valence-corrected chi connectivity index (χ4v) is 2.79. The number of methoxy groups -OCH3 is 1. The van der Waals surface area contributed by atoms with Crippen LogP contribution >= 0.6 is 11.3 Å². The lowest BCUT2D eigenvalue weighted by Crippen LogP contribution is -2.30. The normalized spacial score (nSPS) is 12.5. The van der Waals surface area contributed by atoms with Gasteiger partial charge in [0.2, 0.25) is 0 Å². The van der Waals surface area contributed by atoms with Crippen molar-refractivity contribution in [2.24, 2.45) is 0 Å². The highest BCUT2D eigenvalue weighted by molar-refractivity contribution is 7.10. The number of halogens is 3. The molecule has 0 aliphatic rings. The molecule has 24 heavy (non-hydrogen) atoms. The number of ether oxygens (including phenoxy) is 1. The van der Waals surface area contributed by atoms with E-state index in [0.717, 1.165) is 29.1 Å².